The van der Waals surface area contributed by atoms with Gasteiger partial charge in [0.05, 0.1) is 6.10 Å². The standard InChI is InChI=1S/C20H37N5O7S/c1-5-10(2)16(19(30)24-13(20(31)32)8-9-33-4)25-17(28)12(6-7-14(21)27)23-18(29)15(22)11(3)26/h10-13,15-16,26H,5-9,22H2,1-4H3,(H2,21,27)(H,23,29)(H,24,30)(H,25,28)(H,31,32). The van der Waals surface area contributed by atoms with Crippen molar-refractivity contribution in [1.82, 2.24) is 16.0 Å². The highest BCUT2D eigenvalue weighted by atomic mass is 32.2. The highest BCUT2D eigenvalue weighted by Crippen LogP contribution is 2.11. The number of nitrogens with one attached hydrogen (secondary N) is 3. The van der Waals surface area contributed by atoms with Crippen molar-refractivity contribution in [1.29, 1.82) is 0 Å². The van der Waals surface area contributed by atoms with E-state index in [1.807, 2.05) is 6.26 Å². The molecule has 9 N–H and O–H groups in total. The van der Waals surface area contributed by atoms with E-state index in [1.54, 1.807) is 13.8 Å². The summed E-state index contributed by atoms with van der Waals surface area (Å²) < 4.78 is 0. The van der Waals surface area contributed by atoms with E-state index in [1.165, 1.54) is 18.7 Å². The summed E-state index contributed by atoms with van der Waals surface area (Å²) in [4.78, 5) is 60.7. The van der Waals surface area contributed by atoms with Crippen LogP contribution in [-0.4, -0.2) is 82.1 Å². The van der Waals surface area contributed by atoms with Crippen LogP contribution < -0.4 is 27.4 Å². The van der Waals surface area contributed by atoms with Gasteiger partial charge in [0.2, 0.25) is 23.6 Å². The third-order valence-electron chi connectivity index (χ3n) is 5.15. The lowest BCUT2D eigenvalue weighted by Crippen LogP contribution is -2.59. The second kappa shape index (κ2) is 15.5. The fraction of sp³-hybridized carbons (Fsp3) is 0.750. The summed E-state index contributed by atoms with van der Waals surface area (Å²) in [6.45, 7) is 4.82. The molecule has 6 unspecified atom stereocenters. The van der Waals surface area contributed by atoms with Crippen molar-refractivity contribution in [3.05, 3.63) is 0 Å². The Bertz CT molecular complexity index is 692. The van der Waals surface area contributed by atoms with Gasteiger partial charge in [0.15, 0.2) is 0 Å². The lowest BCUT2D eigenvalue weighted by molar-refractivity contribution is -0.142. The maximum atomic E-state index is 12.9. The number of aliphatic hydroxyl groups is 1. The minimum absolute atomic E-state index is 0.153. The molecule has 0 aromatic rings. The van der Waals surface area contributed by atoms with Gasteiger partial charge in [-0.15, -0.1) is 0 Å². The van der Waals surface area contributed by atoms with Crippen molar-refractivity contribution in [3.8, 4) is 0 Å². The number of carboxylic acids is 1. The van der Waals surface area contributed by atoms with Crippen LogP contribution in [0.2, 0.25) is 0 Å². The summed E-state index contributed by atoms with van der Waals surface area (Å²) in [5.74, 6) is -3.99. The molecule has 0 aromatic heterocycles. The fourth-order valence-corrected chi connectivity index (χ4v) is 3.22. The Balaban J connectivity index is 5.58. The summed E-state index contributed by atoms with van der Waals surface area (Å²) in [5, 5.41) is 26.3. The van der Waals surface area contributed by atoms with E-state index in [2.05, 4.69) is 16.0 Å². The Morgan fingerprint density at radius 2 is 1.52 bits per heavy atom. The molecular formula is C20H37N5O7S. The van der Waals surface area contributed by atoms with Crippen molar-refractivity contribution in [2.24, 2.45) is 17.4 Å². The maximum Gasteiger partial charge on any atom is 0.326 e. The topological polar surface area (TPSA) is 214 Å². The number of carbonyl (C=O) groups is 5. The second-order valence-electron chi connectivity index (χ2n) is 7.89. The van der Waals surface area contributed by atoms with Crippen molar-refractivity contribution in [2.75, 3.05) is 12.0 Å². The van der Waals surface area contributed by atoms with E-state index in [0.29, 0.717) is 12.2 Å². The number of carboxylic acid groups (broad SMARTS) is 1. The lowest BCUT2D eigenvalue weighted by Gasteiger charge is -2.28. The number of thioether (sulfide) groups is 1. The molecule has 4 amide bonds. The fourth-order valence-electron chi connectivity index (χ4n) is 2.75. The van der Waals surface area contributed by atoms with Gasteiger partial charge in [0, 0.05) is 6.42 Å². The van der Waals surface area contributed by atoms with Gasteiger partial charge >= 0.3 is 5.97 Å². The molecule has 190 valence electrons. The quantitative estimate of drug-likeness (QED) is 0.131. The van der Waals surface area contributed by atoms with Gasteiger partial charge in [-0.05, 0) is 37.7 Å². The molecular weight excluding hydrogens is 454 g/mol. The molecule has 12 nitrogen and oxygen atoms in total. The summed E-state index contributed by atoms with van der Waals surface area (Å²) in [5.41, 5.74) is 10.8. The molecule has 13 heteroatoms. The molecule has 0 spiro atoms. The first-order valence-electron chi connectivity index (χ1n) is 10.7. The van der Waals surface area contributed by atoms with E-state index in [0.717, 1.165) is 0 Å². The molecule has 0 aliphatic rings. The first-order valence-corrected chi connectivity index (χ1v) is 12.1. The van der Waals surface area contributed by atoms with Crippen LogP contribution >= 0.6 is 11.8 Å². The molecule has 0 bridgehead atoms. The van der Waals surface area contributed by atoms with Crippen molar-refractivity contribution >= 4 is 41.4 Å². The van der Waals surface area contributed by atoms with Gasteiger partial charge in [0.1, 0.15) is 24.2 Å². The number of hydrogen-bond acceptors (Lipinski definition) is 8. The number of hydrogen-bond donors (Lipinski definition) is 7. The van der Waals surface area contributed by atoms with Crippen LogP contribution in [0.15, 0.2) is 0 Å². The van der Waals surface area contributed by atoms with E-state index < -0.39 is 59.9 Å². The predicted octanol–water partition coefficient (Wildman–Crippen LogP) is -1.70. The van der Waals surface area contributed by atoms with Gasteiger partial charge in [-0.25, -0.2) is 4.79 Å². The molecule has 0 rings (SSSR count). The van der Waals surface area contributed by atoms with Crippen LogP contribution in [0.25, 0.3) is 0 Å². The number of amides is 4. The molecule has 0 heterocycles. The summed E-state index contributed by atoms with van der Waals surface area (Å²) in [6.07, 6.45) is 0.951. The smallest absolute Gasteiger partial charge is 0.326 e. The summed E-state index contributed by atoms with van der Waals surface area (Å²) in [7, 11) is 0. The lowest BCUT2D eigenvalue weighted by atomic mass is 9.97. The van der Waals surface area contributed by atoms with Gasteiger partial charge in [-0.3, -0.25) is 19.2 Å². The zero-order valence-electron chi connectivity index (χ0n) is 19.5. The third-order valence-corrected chi connectivity index (χ3v) is 5.80. The van der Waals surface area contributed by atoms with Crippen LogP contribution in [0.1, 0.15) is 46.5 Å². The molecule has 0 saturated heterocycles. The Hall–Kier alpha value is -2.38. The number of rotatable bonds is 16. The Kier molecular flexibility index (Phi) is 14.3. The largest absolute Gasteiger partial charge is 0.480 e. The van der Waals surface area contributed by atoms with Gasteiger partial charge < -0.3 is 37.6 Å². The van der Waals surface area contributed by atoms with E-state index in [-0.39, 0.29) is 25.2 Å². The zero-order valence-corrected chi connectivity index (χ0v) is 20.3. The number of aliphatic hydroxyl groups excluding tert-OH is 1. The van der Waals surface area contributed by atoms with E-state index >= 15 is 0 Å². The SMILES string of the molecule is CCC(C)C(NC(=O)C(CCC(N)=O)NC(=O)C(N)C(C)O)C(=O)NC(CCSC)C(=O)O. The number of primary amides is 1. The van der Waals surface area contributed by atoms with Crippen LogP contribution in [0, 0.1) is 5.92 Å². The highest BCUT2D eigenvalue weighted by molar-refractivity contribution is 7.98. The molecule has 0 radical (unpaired) electrons. The molecule has 0 saturated carbocycles. The van der Waals surface area contributed by atoms with Crippen molar-refractivity contribution in [3.63, 3.8) is 0 Å². The van der Waals surface area contributed by atoms with Crippen molar-refractivity contribution < 1.29 is 34.2 Å². The zero-order chi connectivity index (χ0) is 25.7. The van der Waals surface area contributed by atoms with Crippen LogP contribution in [0.5, 0.6) is 0 Å². The second-order valence-corrected chi connectivity index (χ2v) is 8.87. The van der Waals surface area contributed by atoms with Gasteiger partial charge in [-0.2, -0.15) is 11.8 Å². The Morgan fingerprint density at radius 3 is 1.97 bits per heavy atom. The molecule has 0 aliphatic heterocycles. The number of nitrogens with two attached hydrogens (primary N) is 2. The first-order chi connectivity index (χ1) is 15.3. The Labute approximate surface area is 198 Å². The van der Waals surface area contributed by atoms with Crippen LogP contribution in [0.3, 0.4) is 0 Å². The minimum Gasteiger partial charge on any atom is -0.480 e. The number of carbonyl (C=O) groups excluding carboxylic acids is 4. The summed E-state index contributed by atoms with van der Waals surface area (Å²) >= 11 is 1.44. The number of aliphatic carboxylic acids is 1. The Morgan fingerprint density at radius 1 is 0.939 bits per heavy atom. The monoisotopic (exact) mass is 491 g/mol. The molecule has 0 fully saturated rings. The molecule has 0 aliphatic carbocycles. The van der Waals surface area contributed by atoms with Crippen LogP contribution in [0.4, 0.5) is 0 Å². The van der Waals surface area contributed by atoms with Crippen LogP contribution in [-0.2, 0) is 24.0 Å². The maximum absolute atomic E-state index is 12.9. The molecule has 0 aromatic carbocycles. The average molecular weight is 492 g/mol. The molecule has 6 atom stereocenters. The van der Waals surface area contributed by atoms with Gasteiger partial charge in [-0.1, -0.05) is 20.3 Å². The molecule has 33 heavy (non-hydrogen) atoms. The minimum atomic E-state index is -1.31. The van der Waals surface area contributed by atoms with E-state index in [4.69, 9.17) is 11.5 Å². The predicted molar refractivity (Wildman–Crippen MR) is 124 cm³/mol. The third kappa shape index (κ3) is 11.3. The first kappa shape index (κ1) is 30.6. The van der Waals surface area contributed by atoms with Gasteiger partial charge in [0.25, 0.3) is 0 Å². The van der Waals surface area contributed by atoms with Crippen molar-refractivity contribution in [2.45, 2.75) is 76.7 Å². The van der Waals surface area contributed by atoms with E-state index in [9.17, 15) is 34.2 Å². The summed E-state index contributed by atoms with van der Waals surface area (Å²) in [6, 6.07) is -4.77. The highest BCUT2D eigenvalue weighted by Gasteiger charge is 2.33. The average Bonchev–Trinajstić information content (AvgIpc) is 2.75. The normalized spacial score (nSPS) is 16.4.